The van der Waals surface area contributed by atoms with Crippen molar-refractivity contribution in [2.75, 3.05) is 18.5 Å². The molecule has 7 heteroatoms. The largest absolute Gasteiger partial charge is 0.486 e. The molecule has 0 radical (unpaired) electrons. The van der Waals surface area contributed by atoms with Crippen molar-refractivity contribution in [1.29, 1.82) is 0 Å². The van der Waals surface area contributed by atoms with Gasteiger partial charge in [0.1, 0.15) is 6.61 Å². The molecule has 0 fully saturated rings. The minimum absolute atomic E-state index is 0.188. The average molecular weight is 525 g/mol. The molecule has 1 atom stereocenters. The molecular weight excluding hydrogens is 492 g/mol. The zero-order chi connectivity index (χ0) is 27.5. The van der Waals surface area contributed by atoms with Gasteiger partial charge >= 0.3 is 5.97 Å². The number of nitrogens with zero attached hydrogens (tertiary/aromatic N) is 1. The first-order valence-electron chi connectivity index (χ1n) is 13.0. The summed E-state index contributed by atoms with van der Waals surface area (Å²) in [5, 5.41) is 3.34. The van der Waals surface area contributed by atoms with E-state index in [-0.39, 0.29) is 18.5 Å². The van der Waals surface area contributed by atoms with E-state index in [0.717, 1.165) is 34.0 Å². The second-order valence-electron chi connectivity index (χ2n) is 9.81. The monoisotopic (exact) mass is 524 g/mol. The van der Waals surface area contributed by atoms with Crippen molar-refractivity contribution < 1.29 is 23.8 Å². The molecule has 1 aliphatic heterocycles. The van der Waals surface area contributed by atoms with Gasteiger partial charge in [0.15, 0.2) is 24.2 Å². The lowest BCUT2D eigenvalue weighted by molar-refractivity contribution is 0.0475. The van der Waals surface area contributed by atoms with Crippen LogP contribution in [0, 0.1) is 27.7 Å². The van der Waals surface area contributed by atoms with Crippen LogP contribution < -0.4 is 14.8 Å². The molecule has 0 saturated heterocycles. The van der Waals surface area contributed by atoms with Crippen LogP contribution in [0.15, 0.2) is 72.8 Å². The number of hydrogen-bond donors (Lipinski definition) is 1. The van der Waals surface area contributed by atoms with Gasteiger partial charge in [-0.05, 0) is 75.2 Å². The topological polar surface area (TPSA) is 78.8 Å². The number of rotatable bonds is 8. The van der Waals surface area contributed by atoms with Crippen LogP contribution in [0.5, 0.6) is 11.5 Å². The zero-order valence-electron chi connectivity index (χ0n) is 22.6. The van der Waals surface area contributed by atoms with Crippen LogP contribution in [0.25, 0.3) is 0 Å². The maximum absolute atomic E-state index is 13.1. The summed E-state index contributed by atoms with van der Waals surface area (Å²) in [6.45, 7) is 8.52. The third-order valence-corrected chi connectivity index (χ3v) is 7.18. The van der Waals surface area contributed by atoms with Crippen molar-refractivity contribution in [3.63, 3.8) is 0 Å². The molecule has 0 unspecified atom stereocenters. The van der Waals surface area contributed by atoms with Crippen molar-refractivity contribution in [3.8, 4) is 11.5 Å². The highest BCUT2D eigenvalue weighted by Crippen LogP contribution is 2.32. The van der Waals surface area contributed by atoms with Crippen LogP contribution in [0.2, 0.25) is 0 Å². The number of ether oxygens (including phenoxy) is 3. The van der Waals surface area contributed by atoms with Gasteiger partial charge in [0, 0.05) is 22.6 Å². The Hall–Kier alpha value is -4.52. The highest BCUT2D eigenvalue weighted by Gasteiger charge is 2.24. The number of hydrogen-bond acceptors (Lipinski definition) is 6. The summed E-state index contributed by atoms with van der Waals surface area (Å²) in [5.41, 5.74) is 6.40. The summed E-state index contributed by atoms with van der Waals surface area (Å²) in [6.07, 6.45) is -0.188. The minimum atomic E-state index is -0.558. The Morgan fingerprint density at radius 3 is 2.44 bits per heavy atom. The predicted octanol–water partition coefficient (Wildman–Crippen LogP) is 6.35. The average Bonchev–Trinajstić information content (AvgIpc) is 3.22. The summed E-state index contributed by atoms with van der Waals surface area (Å²) in [7, 11) is 0. The Morgan fingerprint density at radius 1 is 0.897 bits per heavy atom. The molecule has 39 heavy (non-hydrogen) atoms. The molecule has 200 valence electrons. The summed E-state index contributed by atoms with van der Waals surface area (Å²) < 4.78 is 19.5. The first-order valence-corrected chi connectivity index (χ1v) is 13.0. The number of fused-ring (bicyclic) bond motifs is 1. The number of esters is 1. The van der Waals surface area contributed by atoms with E-state index in [9.17, 15) is 9.59 Å². The Labute approximate surface area is 228 Å². The number of carbonyl (C=O) groups excluding carboxylic acids is 2. The summed E-state index contributed by atoms with van der Waals surface area (Å²) >= 11 is 0. The molecule has 7 nitrogen and oxygen atoms in total. The van der Waals surface area contributed by atoms with Gasteiger partial charge in [-0.15, -0.1) is 0 Å². The van der Waals surface area contributed by atoms with Gasteiger partial charge in [0.25, 0.3) is 0 Å². The van der Waals surface area contributed by atoms with Crippen molar-refractivity contribution >= 4 is 23.1 Å². The lowest BCUT2D eigenvalue weighted by Gasteiger charge is -2.27. The van der Waals surface area contributed by atoms with E-state index in [0.29, 0.717) is 35.7 Å². The molecule has 0 saturated carbocycles. The molecule has 3 aromatic carbocycles. The Morgan fingerprint density at radius 2 is 1.62 bits per heavy atom. The number of para-hydroxylation sites is 3. The number of aryl methyl sites for hydroxylation is 2. The number of ketones is 1. The predicted molar refractivity (Wildman–Crippen MR) is 151 cm³/mol. The number of anilines is 2. The fraction of sp³-hybridized carbons (Fsp3) is 0.250. The number of aromatic nitrogens is 1. The molecule has 1 aromatic heterocycles. The van der Waals surface area contributed by atoms with E-state index in [1.54, 1.807) is 12.1 Å². The normalized spacial score (nSPS) is 14.1. The Bertz CT molecular complexity index is 1540. The quantitative estimate of drug-likeness (QED) is 0.214. The molecule has 0 amide bonds. The molecule has 0 aliphatic carbocycles. The van der Waals surface area contributed by atoms with E-state index >= 15 is 0 Å². The van der Waals surface area contributed by atoms with Crippen molar-refractivity contribution in [2.45, 2.75) is 40.3 Å². The fourth-order valence-electron chi connectivity index (χ4n) is 4.81. The Kier molecular flexibility index (Phi) is 7.41. The number of Topliss-reactive ketones (excluding diaryl/α,β-unsaturated/α-hetero) is 1. The second kappa shape index (κ2) is 11.1. The molecule has 5 rings (SSSR count). The van der Waals surface area contributed by atoms with E-state index in [1.165, 1.54) is 0 Å². The highest BCUT2D eigenvalue weighted by atomic mass is 16.6. The van der Waals surface area contributed by atoms with Crippen molar-refractivity contribution in [2.24, 2.45) is 0 Å². The number of benzene rings is 3. The van der Waals surface area contributed by atoms with Crippen LogP contribution in [-0.2, 0) is 11.3 Å². The molecule has 2 heterocycles. The Balaban J connectivity index is 1.25. The lowest BCUT2D eigenvalue weighted by Crippen LogP contribution is -2.33. The fourth-order valence-corrected chi connectivity index (χ4v) is 4.81. The highest BCUT2D eigenvalue weighted by molar-refractivity contribution is 6.02. The molecule has 0 spiro atoms. The molecule has 4 aromatic rings. The first-order chi connectivity index (χ1) is 18.8. The third-order valence-electron chi connectivity index (χ3n) is 7.18. The van der Waals surface area contributed by atoms with Gasteiger partial charge in [0.2, 0.25) is 5.78 Å². The SMILES string of the molecule is Cc1cccc(Nc2ccccc2C(=O)OCC(=O)c2cc(C)n(C[C@@H]3COc4ccccc4O3)c2C)c1C. The van der Waals surface area contributed by atoms with Crippen molar-refractivity contribution in [3.05, 3.63) is 106 Å². The molecule has 1 N–H and O–H groups in total. The van der Waals surface area contributed by atoms with Crippen LogP contribution in [0.4, 0.5) is 11.4 Å². The molecular formula is C32H32N2O5. The van der Waals surface area contributed by atoms with Gasteiger partial charge in [0.05, 0.1) is 17.8 Å². The van der Waals surface area contributed by atoms with E-state index in [2.05, 4.69) is 5.32 Å². The first kappa shape index (κ1) is 26.1. The van der Waals surface area contributed by atoms with Gasteiger partial charge < -0.3 is 24.1 Å². The van der Waals surface area contributed by atoms with E-state index in [1.807, 2.05) is 92.9 Å². The smallest absolute Gasteiger partial charge is 0.340 e. The van der Waals surface area contributed by atoms with Crippen LogP contribution in [0.1, 0.15) is 43.2 Å². The maximum atomic E-state index is 13.1. The van der Waals surface area contributed by atoms with Gasteiger partial charge in [-0.2, -0.15) is 0 Å². The molecule has 1 aliphatic rings. The lowest BCUT2D eigenvalue weighted by atomic mass is 10.1. The standard InChI is InChI=1S/C32H32N2O5/c1-20-10-9-13-27(22(20)3)33-28-12-6-5-11-25(28)32(36)38-19-29(35)26-16-21(2)34(23(26)4)17-24-18-37-30-14-7-8-15-31(30)39-24/h5-16,24,33H,17-19H2,1-4H3/t24-/m1/s1. The zero-order valence-corrected chi connectivity index (χ0v) is 22.6. The van der Waals surface area contributed by atoms with E-state index < -0.39 is 5.97 Å². The second-order valence-corrected chi connectivity index (χ2v) is 9.81. The summed E-state index contributed by atoms with van der Waals surface area (Å²) in [6, 6.07) is 22.5. The van der Waals surface area contributed by atoms with Crippen molar-refractivity contribution in [1.82, 2.24) is 4.57 Å². The number of carbonyl (C=O) groups is 2. The maximum Gasteiger partial charge on any atom is 0.340 e. The van der Waals surface area contributed by atoms with Crippen LogP contribution in [-0.4, -0.2) is 35.6 Å². The number of nitrogens with one attached hydrogen (secondary N) is 1. The van der Waals surface area contributed by atoms with Gasteiger partial charge in [-0.1, -0.05) is 36.4 Å². The van der Waals surface area contributed by atoms with Crippen LogP contribution in [0.3, 0.4) is 0 Å². The summed E-state index contributed by atoms with van der Waals surface area (Å²) in [5.74, 6) is 0.635. The molecule has 0 bridgehead atoms. The van der Waals surface area contributed by atoms with Crippen LogP contribution >= 0.6 is 0 Å². The van der Waals surface area contributed by atoms with Gasteiger partial charge in [-0.3, -0.25) is 4.79 Å². The third kappa shape index (κ3) is 5.53. The summed E-state index contributed by atoms with van der Waals surface area (Å²) in [4.78, 5) is 26.1. The minimum Gasteiger partial charge on any atom is -0.486 e. The van der Waals surface area contributed by atoms with Gasteiger partial charge in [-0.25, -0.2) is 4.79 Å². The van der Waals surface area contributed by atoms with E-state index in [4.69, 9.17) is 14.2 Å².